The Morgan fingerprint density at radius 1 is 1.28 bits per heavy atom. The summed E-state index contributed by atoms with van der Waals surface area (Å²) in [4.78, 5) is 24.5. The summed E-state index contributed by atoms with van der Waals surface area (Å²) in [6.45, 7) is 9.36. The number of allylic oxidation sites excluding steroid dienone is 1. The van der Waals surface area contributed by atoms with Gasteiger partial charge in [0.05, 0.1) is 43.2 Å². The topological polar surface area (TPSA) is 144 Å². The summed E-state index contributed by atoms with van der Waals surface area (Å²) in [5.41, 5.74) is -2.29. The van der Waals surface area contributed by atoms with E-state index >= 15 is 0 Å². The minimum Gasteiger partial charge on any atom is -0.396 e. The smallest absolute Gasteiger partial charge is 0.291 e. The third-order valence-corrected chi connectivity index (χ3v) is 7.69. The molecule has 1 aliphatic carbocycles. The molecule has 2 aromatic rings. The van der Waals surface area contributed by atoms with E-state index in [1.165, 1.54) is 6.20 Å². The number of rotatable bonds is 5. The average molecular weight is 523 g/mol. The number of pyridine rings is 1. The van der Waals surface area contributed by atoms with Crippen LogP contribution in [0.15, 0.2) is 23.8 Å². The first-order valence-corrected chi connectivity index (χ1v) is 12.9. The molecule has 1 amide bonds. The van der Waals surface area contributed by atoms with E-state index in [2.05, 4.69) is 15.3 Å². The Labute approximate surface area is 233 Å². The first kappa shape index (κ1) is 29.1. The number of aromatic amines is 1. The number of imidazole rings is 1. The van der Waals surface area contributed by atoms with Crippen LogP contribution in [-0.4, -0.2) is 77.9 Å². The van der Waals surface area contributed by atoms with Gasteiger partial charge in [0, 0.05) is 17.1 Å². The number of aliphatic hydroxyl groups is 2. The molecular weight excluding hydrogens is 491 g/mol. The van der Waals surface area contributed by atoms with E-state index in [9.17, 15) is 15.0 Å². The van der Waals surface area contributed by atoms with Crippen molar-refractivity contribution < 1.29 is 19.7 Å². The summed E-state index contributed by atoms with van der Waals surface area (Å²) >= 11 is 0. The van der Waals surface area contributed by atoms with Gasteiger partial charge in [0.2, 0.25) is 0 Å². The van der Waals surface area contributed by atoms with E-state index in [0.717, 1.165) is 0 Å². The number of hydrogen-bond acceptors (Lipinski definition) is 7. The molecule has 4 rings (SSSR count). The molecule has 9 nitrogen and oxygen atoms in total. The first-order valence-electron chi connectivity index (χ1n) is 12.9. The Morgan fingerprint density at radius 3 is 2.59 bits per heavy atom. The summed E-state index contributed by atoms with van der Waals surface area (Å²) in [5, 5.41) is 33.4. The summed E-state index contributed by atoms with van der Waals surface area (Å²) in [7, 11) is 19.4. The standard InChI is InChI=1S/C27H32B3N5O4/c1-24(2)10-16(28)19(27(30,38)23(24)29)20-18(35-22(37)21-32-12-15(11-31)33-21)7-6-17(34-20)14-8-25(3,4)39-26(5,9-14)13-36/h6-7,12,14,23,36,38H,8-10,13H2,1-5H3,(H,32,33)(H,35,37). The molecule has 2 aromatic heterocycles. The summed E-state index contributed by atoms with van der Waals surface area (Å²) in [6.07, 6.45) is 2.73. The molecule has 4 unspecified atom stereocenters. The molecule has 1 saturated heterocycles. The summed E-state index contributed by atoms with van der Waals surface area (Å²) < 4.78 is 6.16. The zero-order chi connectivity index (χ0) is 29.0. The molecular formula is C27H32B3N5O4. The van der Waals surface area contributed by atoms with Gasteiger partial charge in [-0.3, -0.25) is 9.78 Å². The van der Waals surface area contributed by atoms with Gasteiger partial charge in [0.15, 0.2) is 5.82 Å². The number of nitrogens with zero attached hydrogens (tertiary/aromatic N) is 3. The average Bonchev–Trinajstić information content (AvgIpc) is 3.32. The van der Waals surface area contributed by atoms with Crippen molar-refractivity contribution in [1.82, 2.24) is 15.0 Å². The first-order chi connectivity index (χ1) is 18.0. The third kappa shape index (κ3) is 5.58. The van der Waals surface area contributed by atoms with Crippen molar-refractivity contribution in [3.8, 4) is 6.07 Å². The number of nitrogens with one attached hydrogen (secondary N) is 2. The van der Waals surface area contributed by atoms with E-state index in [4.69, 9.17) is 38.5 Å². The lowest BCUT2D eigenvalue weighted by molar-refractivity contribution is -0.187. The van der Waals surface area contributed by atoms with Crippen LogP contribution in [0.5, 0.6) is 0 Å². The minimum atomic E-state index is -2.05. The molecule has 0 bridgehead atoms. The summed E-state index contributed by atoms with van der Waals surface area (Å²) in [5.74, 6) is -1.69. The maximum Gasteiger partial charge on any atom is 0.291 e. The van der Waals surface area contributed by atoms with Crippen molar-refractivity contribution in [3.05, 3.63) is 46.7 Å². The summed E-state index contributed by atoms with van der Waals surface area (Å²) in [6, 6.07) is 5.35. The zero-order valence-corrected chi connectivity index (χ0v) is 23.0. The Balaban J connectivity index is 1.84. The van der Waals surface area contributed by atoms with Crippen LogP contribution in [0.2, 0.25) is 5.82 Å². The fourth-order valence-corrected chi connectivity index (χ4v) is 5.95. The lowest BCUT2D eigenvalue weighted by Crippen LogP contribution is -2.49. The number of H-pyrrole nitrogens is 1. The van der Waals surface area contributed by atoms with Crippen LogP contribution in [0.25, 0.3) is 5.57 Å². The maximum absolute atomic E-state index is 13.0. The van der Waals surface area contributed by atoms with Crippen LogP contribution in [0.3, 0.4) is 0 Å². The van der Waals surface area contributed by atoms with Gasteiger partial charge < -0.3 is 25.3 Å². The van der Waals surface area contributed by atoms with E-state index in [1.807, 2.05) is 40.7 Å². The second-order valence-corrected chi connectivity index (χ2v) is 12.3. The van der Waals surface area contributed by atoms with E-state index in [0.29, 0.717) is 30.4 Å². The highest BCUT2D eigenvalue weighted by Gasteiger charge is 2.47. The quantitative estimate of drug-likeness (QED) is 0.441. The van der Waals surface area contributed by atoms with Crippen LogP contribution in [0.1, 0.15) is 87.5 Å². The van der Waals surface area contributed by atoms with Crippen LogP contribution in [0.4, 0.5) is 5.69 Å². The molecule has 0 spiro atoms. The molecule has 1 fully saturated rings. The lowest BCUT2D eigenvalue weighted by Gasteiger charge is -2.50. The largest absolute Gasteiger partial charge is 0.396 e. The lowest BCUT2D eigenvalue weighted by atomic mass is 9.44. The molecule has 4 N–H and O–H groups in total. The fourth-order valence-electron chi connectivity index (χ4n) is 5.95. The number of hydrogen-bond donors (Lipinski definition) is 4. The Bertz CT molecular complexity index is 1360. The molecule has 198 valence electrons. The highest BCUT2D eigenvalue weighted by atomic mass is 16.5. The number of nitriles is 1. The van der Waals surface area contributed by atoms with Crippen LogP contribution < -0.4 is 5.32 Å². The predicted octanol–water partition coefficient (Wildman–Crippen LogP) is 2.48. The molecule has 12 heteroatoms. The van der Waals surface area contributed by atoms with Gasteiger partial charge in [-0.1, -0.05) is 13.8 Å². The molecule has 6 radical (unpaired) electrons. The van der Waals surface area contributed by atoms with Gasteiger partial charge in [-0.2, -0.15) is 5.26 Å². The number of ether oxygens (including phenoxy) is 1. The van der Waals surface area contributed by atoms with Crippen molar-refractivity contribution >= 4 is 40.7 Å². The molecule has 1 aliphatic heterocycles. The highest BCUT2D eigenvalue weighted by molar-refractivity contribution is 6.35. The normalized spacial score (nSPS) is 30.0. The fraction of sp³-hybridized carbons (Fsp3) is 0.556. The monoisotopic (exact) mass is 523 g/mol. The Morgan fingerprint density at radius 2 is 1.97 bits per heavy atom. The third-order valence-electron chi connectivity index (χ3n) is 7.69. The van der Waals surface area contributed by atoms with Crippen molar-refractivity contribution in [2.45, 2.75) is 82.3 Å². The van der Waals surface area contributed by atoms with Crippen LogP contribution in [-0.2, 0) is 4.74 Å². The van der Waals surface area contributed by atoms with E-state index < -0.39 is 33.8 Å². The molecule has 3 heterocycles. The second kappa shape index (κ2) is 9.95. The molecule has 4 atom stereocenters. The zero-order valence-electron chi connectivity index (χ0n) is 23.0. The number of carbonyl (C=O) groups is 1. The van der Waals surface area contributed by atoms with E-state index in [-0.39, 0.29) is 41.0 Å². The molecule has 2 aliphatic rings. The van der Waals surface area contributed by atoms with Gasteiger partial charge in [-0.25, -0.2) is 4.98 Å². The van der Waals surface area contributed by atoms with Crippen molar-refractivity contribution in [1.29, 1.82) is 5.26 Å². The SMILES string of the molecule is [B]C1=C(c2nc(C3CC(C)(C)OC(C)(CO)C3)ccc2NC(=O)c2ncc(C#N)[nH]2)C([B])(O)C([B])C(C)(C)C1. The number of carbonyl (C=O) groups excluding carboxylic acids is 1. The second-order valence-electron chi connectivity index (χ2n) is 12.3. The van der Waals surface area contributed by atoms with Crippen molar-refractivity contribution in [2.24, 2.45) is 5.41 Å². The minimum absolute atomic E-state index is 0.0714. The van der Waals surface area contributed by atoms with Gasteiger partial charge in [-0.15, -0.1) is 5.47 Å². The number of aromatic nitrogens is 3. The van der Waals surface area contributed by atoms with Crippen molar-refractivity contribution in [2.75, 3.05) is 11.9 Å². The molecule has 0 aromatic carbocycles. The Hall–Kier alpha value is -2.87. The molecule has 0 saturated carbocycles. The number of anilines is 1. The van der Waals surface area contributed by atoms with Crippen LogP contribution in [0, 0.1) is 16.7 Å². The Kier molecular flexibility index (Phi) is 7.43. The van der Waals surface area contributed by atoms with E-state index in [1.54, 1.807) is 12.1 Å². The van der Waals surface area contributed by atoms with Gasteiger partial charge >= 0.3 is 0 Å². The van der Waals surface area contributed by atoms with Gasteiger partial charge in [-0.05, 0) is 69.0 Å². The predicted molar refractivity (Wildman–Crippen MR) is 149 cm³/mol. The van der Waals surface area contributed by atoms with Crippen molar-refractivity contribution in [3.63, 3.8) is 0 Å². The van der Waals surface area contributed by atoms with Gasteiger partial charge in [0.1, 0.15) is 27.5 Å². The van der Waals surface area contributed by atoms with Crippen LogP contribution >= 0.6 is 0 Å². The maximum atomic E-state index is 13.0. The molecule has 39 heavy (non-hydrogen) atoms. The van der Waals surface area contributed by atoms with Gasteiger partial charge in [0.25, 0.3) is 5.91 Å². The highest BCUT2D eigenvalue weighted by Crippen LogP contribution is 2.53. The number of amides is 1. The number of aliphatic hydroxyl groups excluding tert-OH is 1.